The lowest BCUT2D eigenvalue weighted by atomic mass is 10.1. The van der Waals surface area contributed by atoms with E-state index >= 15 is 0 Å². The van der Waals surface area contributed by atoms with Crippen LogP contribution in [0.15, 0.2) is 58.5 Å². The molecule has 0 aromatic heterocycles. The van der Waals surface area contributed by atoms with Crippen LogP contribution in [0, 0.1) is 5.82 Å². The van der Waals surface area contributed by atoms with Crippen molar-refractivity contribution in [2.45, 2.75) is 12.5 Å². The van der Waals surface area contributed by atoms with E-state index in [0.717, 1.165) is 12.0 Å². The lowest BCUT2D eigenvalue weighted by Crippen LogP contribution is -2.07. The molecule has 0 radical (unpaired) electrons. The summed E-state index contributed by atoms with van der Waals surface area (Å²) in [6.07, 6.45) is 2.50. The Bertz CT molecular complexity index is 677. The highest BCUT2D eigenvalue weighted by molar-refractivity contribution is 6.30. The number of rotatable bonds is 3. The van der Waals surface area contributed by atoms with Crippen LogP contribution in [0.2, 0.25) is 5.02 Å². The van der Waals surface area contributed by atoms with E-state index in [9.17, 15) is 4.39 Å². The number of amidine groups is 1. The van der Waals surface area contributed by atoms with Crippen LogP contribution in [0.25, 0.3) is 0 Å². The van der Waals surface area contributed by atoms with Crippen molar-refractivity contribution in [3.8, 4) is 0 Å². The molecule has 1 unspecified atom stereocenters. The largest absolute Gasteiger partial charge is 0.257 e. The van der Waals surface area contributed by atoms with Gasteiger partial charge in [0.2, 0.25) is 0 Å². The fourth-order valence-corrected chi connectivity index (χ4v) is 2.25. The molecule has 0 aliphatic carbocycles. The normalized spacial score (nSPS) is 17.3. The van der Waals surface area contributed by atoms with Crippen molar-refractivity contribution in [1.82, 2.24) is 0 Å². The van der Waals surface area contributed by atoms with Gasteiger partial charge in [-0.3, -0.25) is 4.99 Å². The van der Waals surface area contributed by atoms with E-state index in [1.165, 1.54) is 6.07 Å². The van der Waals surface area contributed by atoms with Crippen LogP contribution in [0.4, 0.5) is 4.39 Å². The molecule has 20 heavy (non-hydrogen) atoms. The molecule has 2 nitrogen and oxygen atoms in total. The fraction of sp³-hybridized carbons (Fsp3) is 0.125. The van der Waals surface area contributed by atoms with Gasteiger partial charge in [-0.05, 0) is 36.2 Å². The van der Waals surface area contributed by atoms with Crippen molar-refractivity contribution in [3.63, 3.8) is 0 Å². The minimum absolute atomic E-state index is 0.0502. The van der Waals surface area contributed by atoms with E-state index in [-0.39, 0.29) is 11.9 Å². The van der Waals surface area contributed by atoms with Crippen molar-refractivity contribution in [3.05, 3.63) is 70.5 Å². The highest BCUT2D eigenvalue weighted by atomic mass is 35.5. The summed E-state index contributed by atoms with van der Waals surface area (Å²) in [5, 5.41) is 0.712. The second kappa shape index (κ2) is 5.55. The summed E-state index contributed by atoms with van der Waals surface area (Å²) in [5.74, 6) is 0.164. The molecule has 2 aromatic carbocycles. The predicted molar refractivity (Wildman–Crippen MR) is 80.4 cm³/mol. The molecule has 1 heterocycles. The molecule has 2 aromatic rings. The fourth-order valence-electron chi connectivity index (χ4n) is 2.12. The molecule has 1 aliphatic rings. The average molecular weight is 287 g/mol. The number of halogens is 2. The molecule has 100 valence electrons. The Labute approximate surface area is 121 Å². The minimum atomic E-state index is -0.296. The summed E-state index contributed by atoms with van der Waals surface area (Å²) < 4.78 is 13.7. The van der Waals surface area contributed by atoms with E-state index < -0.39 is 0 Å². The molecule has 4 heteroatoms. The van der Waals surface area contributed by atoms with Gasteiger partial charge in [-0.25, -0.2) is 9.38 Å². The van der Waals surface area contributed by atoms with Crippen LogP contribution < -0.4 is 0 Å². The van der Waals surface area contributed by atoms with Crippen LogP contribution in [-0.2, 0) is 6.42 Å². The Morgan fingerprint density at radius 1 is 1.05 bits per heavy atom. The molecular weight excluding hydrogens is 275 g/mol. The zero-order valence-electron chi connectivity index (χ0n) is 10.6. The first-order valence-electron chi connectivity index (χ1n) is 6.34. The van der Waals surface area contributed by atoms with Gasteiger partial charge in [0.15, 0.2) is 5.84 Å². The molecule has 3 rings (SSSR count). The Morgan fingerprint density at radius 3 is 2.55 bits per heavy atom. The van der Waals surface area contributed by atoms with Gasteiger partial charge in [0.05, 0.1) is 11.6 Å². The molecule has 1 aliphatic heterocycles. The Hall–Kier alpha value is -2.00. The molecule has 0 saturated carbocycles. The van der Waals surface area contributed by atoms with Gasteiger partial charge in [-0.2, -0.15) is 0 Å². The highest BCUT2D eigenvalue weighted by Gasteiger charge is 2.16. The third-order valence-electron chi connectivity index (χ3n) is 3.13. The zero-order valence-corrected chi connectivity index (χ0v) is 11.4. The van der Waals surface area contributed by atoms with Gasteiger partial charge in [0.25, 0.3) is 0 Å². The summed E-state index contributed by atoms with van der Waals surface area (Å²) >= 11 is 5.85. The number of nitrogens with zero attached hydrogens (tertiary/aromatic N) is 2. The lowest BCUT2D eigenvalue weighted by Gasteiger charge is -2.04. The first kappa shape index (κ1) is 13.0. The van der Waals surface area contributed by atoms with Crippen LogP contribution in [0.5, 0.6) is 0 Å². The van der Waals surface area contributed by atoms with E-state index in [1.54, 1.807) is 24.4 Å². The van der Waals surface area contributed by atoms with Gasteiger partial charge in [-0.15, -0.1) is 0 Å². The third kappa shape index (κ3) is 2.78. The van der Waals surface area contributed by atoms with E-state index in [4.69, 9.17) is 11.6 Å². The maximum absolute atomic E-state index is 13.7. The van der Waals surface area contributed by atoms with Crippen LogP contribution in [0.3, 0.4) is 0 Å². The number of hydrogen-bond donors (Lipinski definition) is 0. The van der Waals surface area contributed by atoms with Gasteiger partial charge < -0.3 is 0 Å². The zero-order chi connectivity index (χ0) is 13.9. The minimum Gasteiger partial charge on any atom is -0.257 e. The summed E-state index contributed by atoms with van der Waals surface area (Å²) in [7, 11) is 0. The summed E-state index contributed by atoms with van der Waals surface area (Å²) in [5.41, 5.74) is 1.58. The van der Waals surface area contributed by atoms with E-state index in [0.29, 0.717) is 16.4 Å². The predicted octanol–water partition coefficient (Wildman–Crippen LogP) is 3.92. The molecule has 0 bridgehead atoms. The smallest absolute Gasteiger partial charge is 0.157 e. The maximum Gasteiger partial charge on any atom is 0.157 e. The quantitative estimate of drug-likeness (QED) is 0.817. The van der Waals surface area contributed by atoms with Crippen LogP contribution >= 0.6 is 11.6 Å². The molecule has 0 saturated heterocycles. The van der Waals surface area contributed by atoms with E-state index in [2.05, 4.69) is 9.98 Å². The van der Waals surface area contributed by atoms with Crippen molar-refractivity contribution < 1.29 is 4.39 Å². The molecule has 0 amide bonds. The standard InChI is InChI=1S/C16H12ClFN2/c17-12-7-5-11(6-8-12)9-13-10-19-16(20-13)14-3-1-2-4-15(14)18/h1-8,10,13H,9H2. The summed E-state index contributed by atoms with van der Waals surface area (Å²) in [4.78, 5) is 8.68. The summed E-state index contributed by atoms with van der Waals surface area (Å²) in [6, 6.07) is 14.1. The van der Waals surface area contributed by atoms with Gasteiger partial charge in [-0.1, -0.05) is 35.9 Å². The first-order chi connectivity index (χ1) is 9.72. The topological polar surface area (TPSA) is 24.7 Å². The van der Waals surface area contributed by atoms with Crippen molar-refractivity contribution in [2.24, 2.45) is 9.98 Å². The number of aliphatic imine (C=N–C) groups is 2. The molecule has 0 spiro atoms. The van der Waals surface area contributed by atoms with Crippen LogP contribution in [-0.4, -0.2) is 18.1 Å². The maximum atomic E-state index is 13.7. The third-order valence-corrected chi connectivity index (χ3v) is 3.38. The van der Waals surface area contributed by atoms with Gasteiger partial charge >= 0.3 is 0 Å². The highest BCUT2D eigenvalue weighted by Crippen LogP contribution is 2.16. The van der Waals surface area contributed by atoms with Crippen molar-refractivity contribution in [2.75, 3.05) is 0 Å². The monoisotopic (exact) mass is 286 g/mol. The van der Waals surface area contributed by atoms with Gasteiger partial charge in [0.1, 0.15) is 5.82 Å². The Kier molecular flexibility index (Phi) is 3.61. The van der Waals surface area contributed by atoms with E-state index in [1.807, 2.05) is 24.3 Å². The Morgan fingerprint density at radius 2 is 1.80 bits per heavy atom. The second-order valence-corrected chi connectivity index (χ2v) is 5.05. The van der Waals surface area contributed by atoms with Crippen molar-refractivity contribution >= 4 is 23.7 Å². The molecule has 0 N–H and O–H groups in total. The van der Waals surface area contributed by atoms with Gasteiger partial charge in [0, 0.05) is 11.2 Å². The average Bonchev–Trinajstić information content (AvgIpc) is 2.90. The molecule has 1 atom stereocenters. The van der Waals surface area contributed by atoms with Crippen LogP contribution in [0.1, 0.15) is 11.1 Å². The lowest BCUT2D eigenvalue weighted by molar-refractivity contribution is 0.625. The number of benzene rings is 2. The number of hydrogen-bond acceptors (Lipinski definition) is 2. The first-order valence-corrected chi connectivity index (χ1v) is 6.71. The SMILES string of the molecule is Fc1ccccc1C1=NC(Cc2ccc(Cl)cc2)C=N1. The molecule has 0 fully saturated rings. The second-order valence-electron chi connectivity index (χ2n) is 4.61. The van der Waals surface area contributed by atoms with Crippen molar-refractivity contribution in [1.29, 1.82) is 0 Å². The Balaban J connectivity index is 1.77. The summed E-state index contributed by atoms with van der Waals surface area (Å²) in [6.45, 7) is 0. The molecular formula is C16H12ClFN2.